The van der Waals surface area contributed by atoms with Crippen LogP contribution in [0.5, 0.6) is 0 Å². The Kier molecular flexibility index (Phi) is 7.62. The summed E-state index contributed by atoms with van der Waals surface area (Å²) in [6, 6.07) is 14.0. The largest absolute Gasteiger partial charge is 0.351 e. The Morgan fingerprint density at radius 3 is 2.17 bits per heavy atom. The summed E-state index contributed by atoms with van der Waals surface area (Å²) in [5, 5.41) is 2.89. The van der Waals surface area contributed by atoms with E-state index in [1.54, 1.807) is 12.1 Å². The highest BCUT2D eigenvalue weighted by atomic mass is 32.2. The van der Waals surface area contributed by atoms with Crippen molar-refractivity contribution in [2.75, 3.05) is 19.6 Å². The zero-order valence-electron chi connectivity index (χ0n) is 20.7. The third-order valence-corrected chi connectivity index (χ3v) is 8.87. The first-order valence-corrected chi connectivity index (χ1v) is 13.8. The number of carbonyl (C=O) groups excluding carboxylic acids is 2. The lowest BCUT2D eigenvalue weighted by Crippen LogP contribution is -2.61. The molecule has 1 heterocycles. The Morgan fingerprint density at radius 2 is 1.60 bits per heavy atom. The van der Waals surface area contributed by atoms with Gasteiger partial charge in [-0.2, -0.15) is 4.31 Å². The molecule has 2 amide bonds. The van der Waals surface area contributed by atoms with Gasteiger partial charge in [-0.3, -0.25) is 9.59 Å². The molecule has 188 valence electrons. The molecule has 1 saturated heterocycles. The average molecular weight is 498 g/mol. The van der Waals surface area contributed by atoms with Gasteiger partial charge in [-0.1, -0.05) is 50.2 Å². The van der Waals surface area contributed by atoms with E-state index in [-0.39, 0.29) is 37.0 Å². The van der Waals surface area contributed by atoms with Crippen LogP contribution in [0.4, 0.5) is 0 Å². The fourth-order valence-electron chi connectivity index (χ4n) is 4.47. The van der Waals surface area contributed by atoms with Gasteiger partial charge in [0.1, 0.15) is 6.04 Å². The lowest BCUT2D eigenvalue weighted by molar-refractivity contribution is -0.134. The van der Waals surface area contributed by atoms with Gasteiger partial charge in [0.05, 0.1) is 4.90 Å². The van der Waals surface area contributed by atoms with Crippen LogP contribution in [0.1, 0.15) is 56.2 Å². The molecule has 8 heteroatoms. The summed E-state index contributed by atoms with van der Waals surface area (Å²) in [5.74, 6) is 0.554. The molecular formula is C27H35N3O4S. The monoisotopic (exact) mass is 497 g/mol. The number of piperazine rings is 1. The molecule has 2 fully saturated rings. The van der Waals surface area contributed by atoms with Gasteiger partial charge in [0.25, 0.3) is 0 Å². The predicted octanol–water partition coefficient (Wildman–Crippen LogP) is 3.30. The Hall–Kier alpha value is -2.71. The van der Waals surface area contributed by atoms with Crippen molar-refractivity contribution in [3.05, 3.63) is 65.2 Å². The Balaban J connectivity index is 1.50. The van der Waals surface area contributed by atoms with Crippen LogP contribution in [0.3, 0.4) is 0 Å². The zero-order chi connectivity index (χ0) is 25.2. The fourth-order valence-corrected chi connectivity index (χ4v) is 6.04. The van der Waals surface area contributed by atoms with Crippen molar-refractivity contribution in [3.63, 3.8) is 0 Å². The van der Waals surface area contributed by atoms with Gasteiger partial charge in [0.2, 0.25) is 21.8 Å². The Labute approximate surface area is 208 Å². The first-order valence-electron chi connectivity index (χ1n) is 12.4. The average Bonchev–Trinajstić information content (AvgIpc) is 3.66. The van der Waals surface area contributed by atoms with Gasteiger partial charge in [0, 0.05) is 33.1 Å². The van der Waals surface area contributed by atoms with Gasteiger partial charge in [0.15, 0.2) is 0 Å². The highest BCUT2D eigenvalue weighted by Gasteiger charge is 2.40. The van der Waals surface area contributed by atoms with Crippen LogP contribution in [0.15, 0.2) is 53.4 Å². The number of hydrogen-bond acceptors (Lipinski definition) is 4. The molecule has 4 rings (SSSR count). The first-order chi connectivity index (χ1) is 16.6. The summed E-state index contributed by atoms with van der Waals surface area (Å²) in [7, 11) is -3.90. The molecule has 2 aliphatic rings. The number of hydrogen-bond donors (Lipinski definition) is 1. The molecule has 2 aromatic rings. The molecule has 1 saturated carbocycles. The maximum absolute atomic E-state index is 13.5. The third-order valence-electron chi connectivity index (χ3n) is 6.94. The molecule has 7 nitrogen and oxygen atoms in total. The highest BCUT2D eigenvalue weighted by molar-refractivity contribution is 7.89. The maximum Gasteiger partial charge on any atom is 0.243 e. The first kappa shape index (κ1) is 25.4. The highest BCUT2D eigenvalue weighted by Crippen LogP contribution is 2.33. The van der Waals surface area contributed by atoms with Crippen LogP contribution in [0.25, 0.3) is 0 Å². The molecule has 1 aliphatic carbocycles. The second-order valence-corrected chi connectivity index (χ2v) is 11.9. The van der Waals surface area contributed by atoms with Crippen molar-refractivity contribution >= 4 is 21.8 Å². The van der Waals surface area contributed by atoms with Crippen LogP contribution < -0.4 is 5.32 Å². The van der Waals surface area contributed by atoms with Gasteiger partial charge < -0.3 is 10.2 Å². The number of sulfonamides is 1. The number of carbonyl (C=O) groups is 2. The summed E-state index contributed by atoms with van der Waals surface area (Å²) in [6.45, 7) is 6.34. The number of nitrogens with zero attached hydrogens (tertiary/aromatic N) is 2. The molecule has 0 unspecified atom stereocenters. The minimum absolute atomic E-state index is 0.0342. The summed E-state index contributed by atoms with van der Waals surface area (Å²) in [4.78, 5) is 27.0. The van der Waals surface area contributed by atoms with Crippen LogP contribution in [-0.2, 0) is 32.6 Å². The normalized spacial score (nSPS) is 19.1. The van der Waals surface area contributed by atoms with Gasteiger partial charge in [-0.25, -0.2) is 8.42 Å². The van der Waals surface area contributed by atoms with Gasteiger partial charge in [-0.15, -0.1) is 0 Å². The smallest absolute Gasteiger partial charge is 0.243 e. The van der Waals surface area contributed by atoms with E-state index in [1.165, 1.54) is 34.5 Å². The van der Waals surface area contributed by atoms with Crippen molar-refractivity contribution in [3.8, 4) is 0 Å². The summed E-state index contributed by atoms with van der Waals surface area (Å²) < 4.78 is 28.3. The van der Waals surface area contributed by atoms with Gasteiger partial charge >= 0.3 is 0 Å². The fraction of sp³-hybridized carbons (Fsp3) is 0.481. The minimum atomic E-state index is -3.90. The number of amides is 2. The molecule has 0 spiro atoms. The molecule has 1 atom stereocenters. The molecule has 1 N–H and O–H groups in total. The topological polar surface area (TPSA) is 86.8 Å². The standard InChI is InChI=1S/C27H35N3O4S/c1-19(2)24-10-6-23(7-11-24)17-28-27(32)26-18-29(20(3)31)14-15-30(26)35(33,34)25-12-8-22(9-13-25)16-21-4-5-21/h6-13,19,21,26H,4-5,14-18H2,1-3H3,(H,28,32)/t26-/m1/s1. The van der Waals surface area contributed by atoms with Crippen molar-refractivity contribution in [2.45, 2.75) is 63.4 Å². The Bertz CT molecular complexity index is 1160. The second kappa shape index (κ2) is 10.5. The van der Waals surface area contributed by atoms with E-state index in [2.05, 4.69) is 19.2 Å². The van der Waals surface area contributed by atoms with Crippen LogP contribution in [0, 0.1) is 5.92 Å². The molecule has 35 heavy (non-hydrogen) atoms. The molecule has 0 bridgehead atoms. The van der Waals surface area contributed by atoms with E-state index in [1.807, 2.05) is 36.4 Å². The molecule has 2 aromatic carbocycles. The van der Waals surface area contributed by atoms with Crippen molar-refractivity contribution in [2.24, 2.45) is 5.92 Å². The molecular weight excluding hydrogens is 462 g/mol. The molecule has 1 aliphatic heterocycles. The second-order valence-electron chi connectivity index (χ2n) is 10.0. The molecule has 0 radical (unpaired) electrons. The van der Waals surface area contributed by atoms with E-state index in [0.29, 0.717) is 11.8 Å². The van der Waals surface area contributed by atoms with E-state index in [4.69, 9.17) is 0 Å². The summed E-state index contributed by atoms with van der Waals surface area (Å²) in [5.41, 5.74) is 3.28. The molecule has 0 aromatic heterocycles. The Morgan fingerprint density at radius 1 is 0.971 bits per heavy atom. The lowest BCUT2D eigenvalue weighted by Gasteiger charge is -2.39. The van der Waals surface area contributed by atoms with Crippen molar-refractivity contribution < 1.29 is 18.0 Å². The van der Waals surface area contributed by atoms with E-state index < -0.39 is 22.0 Å². The van der Waals surface area contributed by atoms with Crippen molar-refractivity contribution in [1.82, 2.24) is 14.5 Å². The van der Waals surface area contributed by atoms with E-state index in [0.717, 1.165) is 17.5 Å². The lowest BCUT2D eigenvalue weighted by atomic mass is 10.0. The maximum atomic E-state index is 13.5. The van der Waals surface area contributed by atoms with Crippen LogP contribution in [-0.4, -0.2) is 55.1 Å². The number of nitrogens with one attached hydrogen (secondary N) is 1. The summed E-state index contributed by atoms with van der Waals surface area (Å²) >= 11 is 0. The van der Waals surface area contributed by atoms with E-state index in [9.17, 15) is 18.0 Å². The minimum Gasteiger partial charge on any atom is -0.351 e. The number of rotatable bonds is 8. The predicted molar refractivity (Wildman–Crippen MR) is 135 cm³/mol. The SMILES string of the molecule is CC(=O)N1CCN(S(=O)(=O)c2ccc(CC3CC3)cc2)[C@@H](C(=O)NCc2ccc(C(C)C)cc2)C1. The zero-order valence-corrected chi connectivity index (χ0v) is 21.6. The van der Waals surface area contributed by atoms with E-state index >= 15 is 0 Å². The summed E-state index contributed by atoms with van der Waals surface area (Å²) in [6.07, 6.45) is 3.44. The number of benzene rings is 2. The van der Waals surface area contributed by atoms with Crippen molar-refractivity contribution in [1.29, 1.82) is 0 Å². The third kappa shape index (κ3) is 6.11. The van der Waals surface area contributed by atoms with Crippen LogP contribution in [0.2, 0.25) is 0 Å². The van der Waals surface area contributed by atoms with Crippen LogP contribution >= 0.6 is 0 Å². The van der Waals surface area contributed by atoms with Gasteiger partial charge in [-0.05, 0) is 59.9 Å². The quantitative estimate of drug-likeness (QED) is 0.606.